The van der Waals surface area contributed by atoms with E-state index in [-0.39, 0.29) is 5.91 Å². The maximum Gasteiger partial charge on any atom is 0.257 e. The molecule has 2 N–H and O–H groups in total. The summed E-state index contributed by atoms with van der Waals surface area (Å²) in [4.78, 5) is 22.9. The first kappa shape index (κ1) is 18.9. The van der Waals surface area contributed by atoms with Crippen molar-refractivity contribution in [1.29, 1.82) is 0 Å². The van der Waals surface area contributed by atoms with Gasteiger partial charge in [0.05, 0.1) is 17.5 Å². The molecule has 1 amide bonds. The van der Waals surface area contributed by atoms with Crippen molar-refractivity contribution in [3.05, 3.63) is 60.0 Å². The lowest BCUT2D eigenvalue weighted by Crippen LogP contribution is -2.38. The summed E-state index contributed by atoms with van der Waals surface area (Å²) < 4.78 is 11.3. The molecule has 3 aromatic heterocycles. The van der Waals surface area contributed by atoms with Gasteiger partial charge in [0.2, 0.25) is 0 Å². The van der Waals surface area contributed by atoms with Gasteiger partial charge in [-0.1, -0.05) is 0 Å². The zero-order valence-electron chi connectivity index (χ0n) is 17.5. The summed E-state index contributed by atoms with van der Waals surface area (Å²) in [6.07, 6.45) is 7.32. The Bertz CT molecular complexity index is 1290. The molecule has 0 spiro atoms. The number of fused-ring (bicyclic) bond motifs is 2. The number of rotatable bonds is 3. The number of aromatic amines is 2. The minimum absolute atomic E-state index is 0.00248. The third-order valence-corrected chi connectivity index (χ3v) is 6.41. The average molecular weight is 429 g/mol. The van der Waals surface area contributed by atoms with Gasteiger partial charge in [0.1, 0.15) is 18.9 Å². The molecule has 162 valence electrons. The molecule has 8 nitrogen and oxygen atoms in total. The van der Waals surface area contributed by atoms with Crippen molar-refractivity contribution in [2.24, 2.45) is 0 Å². The molecule has 32 heavy (non-hydrogen) atoms. The number of nitrogens with zero attached hydrogens (tertiary/aromatic N) is 3. The molecule has 1 saturated heterocycles. The van der Waals surface area contributed by atoms with E-state index in [4.69, 9.17) is 9.47 Å². The SMILES string of the molecule is O=C(c1cn[nH]c1-c1ccc2c(c1)OCCO2)N1CCC(c2c[nH]c3ncccc23)CC1. The van der Waals surface area contributed by atoms with Crippen molar-refractivity contribution in [2.75, 3.05) is 26.3 Å². The Hall–Kier alpha value is -3.81. The van der Waals surface area contributed by atoms with Crippen LogP contribution in [0, 0.1) is 0 Å². The van der Waals surface area contributed by atoms with Gasteiger partial charge in [-0.05, 0) is 54.7 Å². The van der Waals surface area contributed by atoms with Crippen LogP contribution in [0.4, 0.5) is 0 Å². The van der Waals surface area contributed by atoms with E-state index in [0.717, 1.165) is 29.8 Å². The highest BCUT2D eigenvalue weighted by Crippen LogP contribution is 2.36. The van der Waals surface area contributed by atoms with Crippen LogP contribution in [0.5, 0.6) is 11.5 Å². The number of piperidine rings is 1. The summed E-state index contributed by atoms with van der Waals surface area (Å²) in [7, 11) is 0. The van der Waals surface area contributed by atoms with Crippen LogP contribution >= 0.6 is 0 Å². The number of hydrogen-bond donors (Lipinski definition) is 2. The van der Waals surface area contributed by atoms with Crippen LogP contribution in [0.2, 0.25) is 0 Å². The second kappa shape index (κ2) is 7.71. The van der Waals surface area contributed by atoms with Crippen LogP contribution in [0.15, 0.2) is 48.9 Å². The van der Waals surface area contributed by atoms with Gasteiger partial charge in [-0.25, -0.2) is 4.98 Å². The van der Waals surface area contributed by atoms with Gasteiger partial charge in [0.15, 0.2) is 11.5 Å². The third-order valence-electron chi connectivity index (χ3n) is 6.41. The molecular weight excluding hydrogens is 406 g/mol. The zero-order valence-corrected chi connectivity index (χ0v) is 17.5. The molecule has 6 rings (SSSR count). The van der Waals surface area contributed by atoms with Crippen molar-refractivity contribution < 1.29 is 14.3 Å². The molecule has 1 aromatic carbocycles. The lowest BCUT2D eigenvalue weighted by molar-refractivity contribution is 0.0714. The molecule has 4 aromatic rings. The number of hydrogen-bond acceptors (Lipinski definition) is 5. The number of nitrogens with one attached hydrogen (secondary N) is 2. The Kier molecular flexibility index (Phi) is 4.56. The van der Waals surface area contributed by atoms with Gasteiger partial charge in [-0.3, -0.25) is 9.89 Å². The molecule has 0 aliphatic carbocycles. The first-order valence-corrected chi connectivity index (χ1v) is 10.9. The number of carbonyl (C=O) groups excluding carboxylic acids is 1. The standard InChI is InChI=1S/C24H23N5O3/c30-24(19-14-27-28-22(19)16-3-4-20-21(12-16)32-11-10-31-20)29-8-5-15(6-9-29)18-13-26-23-17(18)2-1-7-25-23/h1-4,7,12-15H,5-6,8-11H2,(H,25,26)(H,27,28). The summed E-state index contributed by atoms with van der Waals surface area (Å²) in [6, 6.07) is 9.78. The minimum atomic E-state index is 0.00248. The van der Waals surface area contributed by atoms with Gasteiger partial charge in [-0.15, -0.1) is 0 Å². The molecule has 0 radical (unpaired) electrons. The smallest absolute Gasteiger partial charge is 0.257 e. The summed E-state index contributed by atoms with van der Waals surface area (Å²) >= 11 is 0. The van der Waals surface area contributed by atoms with Gasteiger partial charge < -0.3 is 19.4 Å². The van der Waals surface area contributed by atoms with Crippen LogP contribution in [0.1, 0.15) is 34.7 Å². The molecular formula is C24H23N5O3. The fraction of sp³-hybridized carbons (Fsp3) is 0.292. The normalized spacial score (nSPS) is 16.4. The fourth-order valence-electron chi connectivity index (χ4n) is 4.75. The molecule has 0 bridgehead atoms. The molecule has 1 fully saturated rings. The number of carbonyl (C=O) groups is 1. The molecule has 0 atom stereocenters. The summed E-state index contributed by atoms with van der Waals surface area (Å²) in [5.74, 6) is 1.83. The third kappa shape index (κ3) is 3.19. The molecule has 2 aliphatic heterocycles. The van der Waals surface area contributed by atoms with Gasteiger partial charge in [0.25, 0.3) is 5.91 Å². The molecule has 0 saturated carbocycles. The fourth-order valence-corrected chi connectivity index (χ4v) is 4.75. The van der Waals surface area contributed by atoms with E-state index >= 15 is 0 Å². The van der Waals surface area contributed by atoms with E-state index in [2.05, 4.69) is 32.4 Å². The number of aromatic nitrogens is 4. The topological polar surface area (TPSA) is 96.1 Å². The number of likely N-dealkylation sites (tertiary alicyclic amines) is 1. The van der Waals surface area contributed by atoms with E-state index in [0.29, 0.717) is 49.2 Å². The van der Waals surface area contributed by atoms with Crippen LogP contribution in [0.25, 0.3) is 22.3 Å². The Labute approximate surface area is 184 Å². The largest absolute Gasteiger partial charge is 0.486 e. The lowest BCUT2D eigenvalue weighted by Gasteiger charge is -2.32. The van der Waals surface area contributed by atoms with Crippen LogP contribution < -0.4 is 9.47 Å². The summed E-state index contributed by atoms with van der Waals surface area (Å²) in [5.41, 5.74) is 4.36. The predicted octanol–water partition coefficient (Wildman–Crippen LogP) is 3.74. The highest BCUT2D eigenvalue weighted by Gasteiger charge is 2.28. The van der Waals surface area contributed by atoms with Crippen molar-refractivity contribution in [1.82, 2.24) is 25.1 Å². The van der Waals surface area contributed by atoms with Crippen molar-refractivity contribution in [3.8, 4) is 22.8 Å². The van der Waals surface area contributed by atoms with E-state index < -0.39 is 0 Å². The van der Waals surface area contributed by atoms with E-state index in [1.807, 2.05) is 29.2 Å². The first-order valence-electron chi connectivity index (χ1n) is 10.9. The van der Waals surface area contributed by atoms with Gasteiger partial charge >= 0.3 is 0 Å². The maximum absolute atomic E-state index is 13.3. The summed E-state index contributed by atoms with van der Waals surface area (Å²) in [5, 5.41) is 8.33. The quantitative estimate of drug-likeness (QED) is 0.517. The van der Waals surface area contributed by atoms with Crippen molar-refractivity contribution in [3.63, 3.8) is 0 Å². The van der Waals surface area contributed by atoms with Crippen LogP contribution in [-0.4, -0.2) is 57.3 Å². The maximum atomic E-state index is 13.3. The Morgan fingerprint density at radius 3 is 2.81 bits per heavy atom. The van der Waals surface area contributed by atoms with Crippen LogP contribution in [-0.2, 0) is 0 Å². The molecule has 0 unspecified atom stereocenters. The average Bonchev–Trinajstić information content (AvgIpc) is 3.51. The number of benzene rings is 1. The highest BCUT2D eigenvalue weighted by molar-refractivity contribution is 6.00. The molecule has 5 heterocycles. The number of H-pyrrole nitrogens is 2. The highest BCUT2D eigenvalue weighted by atomic mass is 16.6. The predicted molar refractivity (Wildman–Crippen MR) is 119 cm³/mol. The van der Waals surface area contributed by atoms with Crippen LogP contribution in [0.3, 0.4) is 0 Å². The zero-order chi connectivity index (χ0) is 21.5. The van der Waals surface area contributed by atoms with E-state index in [1.54, 1.807) is 12.4 Å². The first-order chi connectivity index (χ1) is 15.8. The second-order valence-electron chi connectivity index (χ2n) is 8.23. The van der Waals surface area contributed by atoms with Crippen molar-refractivity contribution >= 4 is 16.9 Å². The van der Waals surface area contributed by atoms with Crippen molar-refractivity contribution in [2.45, 2.75) is 18.8 Å². The molecule has 8 heteroatoms. The monoisotopic (exact) mass is 429 g/mol. The Morgan fingerprint density at radius 2 is 1.94 bits per heavy atom. The van der Waals surface area contributed by atoms with E-state index in [1.165, 1.54) is 10.9 Å². The number of pyridine rings is 1. The van der Waals surface area contributed by atoms with Gasteiger partial charge in [-0.2, -0.15) is 5.10 Å². The lowest BCUT2D eigenvalue weighted by atomic mass is 9.89. The Morgan fingerprint density at radius 1 is 1.09 bits per heavy atom. The minimum Gasteiger partial charge on any atom is -0.486 e. The Balaban J connectivity index is 1.20. The number of amides is 1. The van der Waals surface area contributed by atoms with E-state index in [9.17, 15) is 4.79 Å². The summed E-state index contributed by atoms with van der Waals surface area (Å²) in [6.45, 7) is 2.49. The second-order valence-corrected chi connectivity index (χ2v) is 8.23. The molecule has 2 aliphatic rings. The van der Waals surface area contributed by atoms with Gasteiger partial charge in [0, 0.05) is 36.4 Å². The number of ether oxygens (including phenoxy) is 2.